The number of nitrogens with two attached hydrogens (primary N) is 1. The Kier molecular flexibility index (Phi) is 5.29. The summed E-state index contributed by atoms with van der Waals surface area (Å²) in [7, 11) is 0. The fraction of sp³-hybridized carbons (Fsp3) is 0.526. The number of amides is 2. The van der Waals surface area contributed by atoms with E-state index in [-0.39, 0.29) is 17.5 Å². The van der Waals surface area contributed by atoms with Crippen LogP contribution in [0.3, 0.4) is 0 Å². The zero-order valence-electron chi connectivity index (χ0n) is 15.9. The number of thiazole rings is 1. The van der Waals surface area contributed by atoms with Gasteiger partial charge in [-0.25, -0.2) is 9.78 Å². The van der Waals surface area contributed by atoms with Crippen molar-refractivity contribution in [2.75, 3.05) is 18.4 Å². The first-order valence-corrected chi connectivity index (χ1v) is 9.83. The molecule has 1 saturated heterocycles. The van der Waals surface area contributed by atoms with Crippen molar-refractivity contribution in [3.05, 3.63) is 29.7 Å². The normalized spacial score (nSPS) is 17.6. The Morgan fingerprint density at radius 2 is 2.23 bits per heavy atom. The second-order valence-corrected chi connectivity index (χ2v) is 8.77. The van der Waals surface area contributed by atoms with Crippen LogP contribution in [0.25, 0.3) is 10.4 Å². The molecular formula is C19H27N5OS. The number of carbonyl (C=O) groups excluding carboxylic acids is 1. The van der Waals surface area contributed by atoms with E-state index < -0.39 is 0 Å². The molecule has 0 radical (unpaired) electrons. The number of urea groups is 1. The Bertz CT molecular complexity index is 795. The third-order valence-corrected chi connectivity index (χ3v) is 5.83. The lowest BCUT2D eigenvalue weighted by Crippen LogP contribution is -2.42. The maximum atomic E-state index is 12.5. The Morgan fingerprint density at radius 1 is 1.46 bits per heavy atom. The highest BCUT2D eigenvalue weighted by Gasteiger charge is 2.28. The Labute approximate surface area is 158 Å². The minimum atomic E-state index is -0.108. The van der Waals surface area contributed by atoms with Crippen molar-refractivity contribution in [1.29, 1.82) is 0 Å². The van der Waals surface area contributed by atoms with Crippen molar-refractivity contribution in [3.8, 4) is 10.4 Å². The third-order valence-electron chi connectivity index (χ3n) is 4.71. The molecule has 1 atom stereocenters. The van der Waals surface area contributed by atoms with Crippen molar-refractivity contribution in [1.82, 2.24) is 14.9 Å². The molecule has 2 aromatic rings. The summed E-state index contributed by atoms with van der Waals surface area (Å²) in [6, 6.07) is 4.12. The predicted octanol–water partition coefficient (Wildman–Crippen LogP) is 3.77. The van der Waals surface area contributed by atoms with Crippen molar-refractivity contribution >= 4 is 22.5 Å². The first-order chi connectivity index (χ1) is 12.3. The summed E-state index contributed by atoms with van der Waals surface area (Å²) in [5, 5.41) is 3.57. The van der Waals surface area contributed by atoms with E-state index in [2.05, 4.69) is 42.1 Å². The smallest absolute Gasteiger partial charge is 0.323 e. The van der Waals surface area contributed by atoms with Crippen LogP contribution in [-0.2, 0) is 5.41 Å². The largest absolute Gasteiger partial charge is 0.328 e. The molecule has 0 aromatic carbocycles. The first-order valence-electron chi connectivity index (χ1n) is 9.01. The Morgan fingerprint density at radius 3 is 2.92 bits per heavy atom. The number of nitrogens with zero attached hydrogens (tertiary/aromatic N) is 3. The molecule has 0 unspecified atom stereocenters. The van der Waals surface area contributed by atoms with Gasteiger partial charge in [-0.2, -0.15) is 0 Å². The fourth-order valence-corrected chi connectivity index (χ4v) is 4.16. The number of pyridine rings is 1. The van der Waals surface area contributed by atoms with Crippen LogP contribution in [0.15, 0.2) is 18.3 Å². The molecule has 0 aliphatic carbocycles. The molecule has 3 rings (SSSR count). The second kappa shape index (κ2) is 7.32. The van der Waals surface area contributed by atoms with E-state index in [0.29, 0.717) is 11.7 Å². The average Bonchev–Trinajstić information content (AvgIpc) is 3.20. The molecule has 3 heterocycles. The lowest BCUT2D eigenvalue weighted by atomic mass is 9.90. The fourth-order valence-electron chi connectivity index (χ4n) is 3.21. The SMILES string of the molecule is Cc1nc(NC(=O)N2CCC[C@H]2CN)sc1-c1ccnc(C(C)(C)C)c1. The highest BCUT2D eigenvalue weighted by atomic mass is 32.1. The molecule has 1 fully saturated rings. The summed E-state index contributed by atoms with van der Waals surface area (Å²) in [5.41, 5.74) is 8.79. The van der Waals surface area contributed by atoms with Crippen LogP contribution in [0.4, 0.5) is 9.93 Å². The maximum Gasteiger partial charge on any atom is 0.323 e. The molecule has 2 amide bonds. The average molecular weight is 374 g/mol. The number of hydrogen-bond acceptors (Lipinski definition) is 5. The van der Waals surface area contributed by atoms with Gasteiger partial charge in [0.15, 0.2) is 5.13 Å². The minimum absolute atomic E-state index is 0.0152. The quantitative estimate of drug-likeness (QED) is 0.858. The van der Waals surface area contributed by atoms with Crippen LogP contribution < -0.4 is 11.1 Å². The van der Waals surface area contributed by atoms with Gasteiger partial charge in [0, 0.05) is 36.4 Å². The van der Waals surface area contributed by atoms with Gasteiger partial charge in [-0.3, -0.25) is 10.3 Å². The number of nitrogens with one attached hydrogen (secondary N) is 1. The van der Waals surface area contributed by atoms with Gasteiger partial charge in [-0.15, -0.1) is 0 Å². The molecule has 26 heavy (non-hydrogen) atoms. The van der Waals surface area contributed by atoms with Crippen LogP contribution in [-0.4, -0.2) is 40.0 Å². The van der Waals surface area contributed by atoms with E-state index in [1.165, 1.54) is 11.3 Å². The van der Waals surface area contributed by atoms with E-state index in [1.54, 1.807) is 0 Å². The van der Waals surface area contributed by atoms with E-state index in [0.717, 1.165) is 41.2 Å². The standard InChI is InChI=1S/C19H27N5OS/c1-12-16(13-7-8-21-15(10-13)19(2,3)4)26-17(22-12)23-18(25)24-9-5-6-14(24)11-20/h7-8,10,14H,5-6,9,11,20H2,1-4H3,(H,22,23,25)/t14-/m0/s1. The van der Waals surface area contributed by atoms with Crippen molar-refractivity contribution in [3.63, 3.8) is 0 Å². The molecule has 140 valence electrons. The van der Waals surface area contributed by atoms with Crippen molar-refractivity contribution < 1.29 is 4.79 Å². The summed E-state index contributed by atoms with van der Waals surface area (Å²) in [4.78, 5) is 24.5. The Balaban J connectivity index is 1.80. The molecular weight excluding hydrogens is 346 g/mol. The molecule has 0 spiro atoms. The predicted molar refractivity (Wildman–Crippen MR) is 107 cm³/mol. The van der Waals surface area contributed by atoms with Gasteiger partial charge >= 0.3 is 6.03 Å². The summed E-state index contributed by atoms with van der Waals surface area (Å²) >= 11 is 1.50. The third kappa shape index (κ3) is 3.88. The first kappa shape index (κ1) is 18.8. The molecule has 7 heteroatoms. The van der Waals surface area contributed by atoms with Crippen LogP contribution in [0, 0.1) is 6.92 Å². The topological polar surface area (TPSA) is 84.1 Å². The summed E-state index contributed by atoms with van der Waals surface area (Å²) in [6.45, 7) is 9.67. The molecule has 0 bridgehead atoms. The molecule has 1 aliphatic heterocycles. The second-order valence-electron chi connectivity index (χ2n) is 7.77. The van der Waals surface area contributed by atoms with E-state index >= 15 is 0 Å². The van der Waals surface area contributed by atoms with Crippen molar-refractivity contribution in [2.24, 2.45) is 5.73 Å². The molecule has 3 N–H and O–H groups in total. The molecule has 1 aliphatic rings. The number of rotatable bonds is 3. The van der Waals surface area contributed by atoms with Gasteiger partial charge < -0.3 is 10.6 Å². The van der Waals surface area contributed by atoms with Gasteiger partial charge in [0.1, 0.15) is 0 Å². The lowest BCUT2D eigenvalue weighted by molar-refractivity contribution is 0.208. The van der Waals surface area contributed by atoms with Gasteiger partial charge in [0.05, 0.1) is 10.6 Å². The maximum absolute atomic E-state index is 12.5. The zero-order valence-corrected chi connectivity index (χ0v) is 16.7. The van der Waals surface area contributed by atoms with Crippen LogP contribution >= 0.6 is 11.3 Å². The van der Waals surface area contributed by atoms with E-state index in [9.17, 15) is 4.79 Å². The van der Waals surface area contributed by atoms with E-state index in [4.69, 9.17) is 5.73 Å². The number of aryl methyl sites for hydroxylation is 1. The van der Waals surface area contributed by atoms with Gasteiger partial charge in [0.25, 0.3) is 0 Å². The number of hydrogen-bond donors (Lipinski definition) is 2. The summed E-state index contributed by atoms with van der Waals surface area (Å²) in [5.74, 6) is 0. The number of carbonyl (C=O) groups is 1. The lowest BCUT2D eigenvalue weighted by Gasteiger charge is -2.22. The van der Waals surface area contributed by atoms with Gasteiger partial charge in [-0.1, -0.05) is 32.1 Å². The van der Waals surface area contributed by atoms with E-state index in [1.807, 2.05) is 24.1 Å². The van der Waals surface area contributed by atoms with Crippen LogP contribution in [0.2, 0.25) is 0 Å². The minimum Gasteiger partial charge on any atom is -0.328 e. The van der Waals surface area contributed by atoms with Gasteiger partial charge in [-0.05, 0) is 37.5 Å². The molecule has 0 saturated carbocycles. The highest BCUT2D eigenvalue weighted by molar-refractivity contribution is 7.19. The molecule has 6 nitrogen and oxygen atoms in total. The molecule has 2 aromatic heterocycles. The zero-order chi connectivity index (χ0) is 18.9. The van der Waals surface area contributed by atoms with Crippen molar-refractivity contribution in [2.45, 2.75) is 52.0 Å². The number of aromatic nitrogens is 2. The highest BCUT2D eigenvalue weighted by Crippen LogP contribution is 2.34. The number of likely N-dealkylation sites (tertiary alicyclic amines) is 1. The number of anilines is 1. The Hall–Kier alpha value is -1.99. The summed E-state index contributed by atoms with van der Waals surface area (Å²) in [6.07, 6.45) is 3.81. The van der Waals surface area contributed by atoms with Crippen LogP contribution in [0.1, 0.15) is 45.0 Å². The monoisotopic (exact) mass is 373 g/mol. The summed E-state index contributed by atoms with van der Waals surface area (Å²) < 4.78 is 0. The van der Waals surface area contributed by atoms with Crippen LogP contribution in [0.5, 0.6) is 0 Å². The van der Waals surface area contributed by atoms with Gasteiger partial charge in [0.2, 0.25) is 0 Å².